The molecule has 0 bridgehead atoms. The van der Waals surface area contributed by atoms with Gasteiger partial charge in [0.1, 0.15) is 11.4 Å². The number of rotatable bonds is 13. The van der Waals surface area contributed by atoms with Gasteiger partial charge in [0, 0.05) is 129 Å². The van der Waals surface area contributed by atoms with Crippen LogP contribution in [-0.4, -0.2) is 67.3 Å². The SMILES string of the molecule is c1ccc(-c2nc(-c3ccccn3)n(-c3ccc(-n4c5ccccc5c5ccccc54)cc3)n2)nc1.c1ccc(-c2nnc(-c3ccccc3)n2-c2ccc(-n3c4ccccc4c4ccccc43)cc2)cc1.c1ccc(-n2c(-c3cccc(-n4c5ccccc5c5ccccc54)c3)cc3ccccc32)cc1.c1ccc2c(-c3ccc(-n4c5ccccc5c5ccccc54)cc3)nccc2c1. The number of hydrogen-bond donors (Lipinski definition) is 0. The summed E-state index contributed by atoms with van der Waals surface area (Å²) in [5, 5.41) is 27.8. The zero-order valence-corrected chi connectivity index (χ0v) is 73.1. The summed E-state index contributed by atoms with van der Waals surface area (Å²) in [6, 6.07) is 167. The van der Waals surface area contributed by atoms with Crippen molar-refractivity contribution in [2.75, 3.05) is 0 Å². The third kappa shape index (κ3) is 14.7. The van der Waals surface area contributed by atoms with E-state index in [4.69, 9.17) is 10.1 Å². The van der Waals surface area contributed by atoms with E-state index in [2.05, 4.69) is 459 Å². The van der Waals surface area contributed by atoms with Crippen LogP contribution >= 0.6 is 0 Å². The van der Waals surface area contributed by atoms with Gasteiger partial charge in [0.25, 0.3) is 0 Å². The van der Waals surface area contributed by atoms with Crippen molar-refractivity contribution in [1.29, 1.82) is 0 Å². The minimum absolute atomic E-state index is 0.558. The molecule has 0 amide bonds. The van der Waals surface area contributed by atoms with Crippen molar-refractivity contribution in [1.82, 2.24) is 67.3 Å². The molecule has 0 spiro atoms. The maximum absolute atomic E-state index is 4.82. The van der Waals surface area contributed by atoms with Crippen LogP contribution in [0.4, 0.5) is 0 Å². The molecule has 0 aliphatic heterocycles. The van der Waals surface area contributed by atoms with Gasteiger partial charge in [0.15, 0.2) is 17.5 Å². The zero-order chi connectivity index (χ0) is 89.5. The Morgan fingerprint density at radius 2 is 0.511 bits per heavy atom. The molecule has 636 valence electrons. The van der Waals surface area contributed by atoms with E-state index < -0.39 is 0 Å². The van der Waals surface area contributed by atoms with Gasteiger partial charge >= 0.3 is 0 Å². The van der Waals surface area contributed by atoms with E-state index in [1.807, 2.05) is 83.7 Å². The Hall–Kier alpha value is -18.5. The van der Waals surface area contributed by atoms with Crippen molar-refractivity contribution in [3.05, 3.63) is 498 Å². The molecule has 135 heavy (non-hydrogen) atoms. The van der Waals surface area contributed by atoms with E-state index in [-0.39, 0.29) is 0 Å². The average molecular weight is 1730 g/mol. The quantitative estimate of drug-likeness (QED) is 0.113. The second-order valence-electron chi connectivity index (χ2n) is 33.3. The van der Waals surface area contributed by atoms with Crippen molar-refractivity contribution >= 4 is 109 Å². The zero-order valence-electron chi connectivity index (χ0n) is 73.1. The van der Waals surface area contributed by atoms with Crippen LogP contribution in [0.25, 0.3) is 217 Å². The monoisotopic (exact) mass is 1730 g/mol. The van der Waals surface area contributed by atoms with Gasteiger partial charge in [-0.2, -0.15) is 0 Å². The third-order valence-electron chi connectivity index (χ3n) is 25.4. The number of fused-ring (bicyclic) bond motifs is 14. The largest absolute Gasteiger partial charge is 0.309 e. The van der Waals surface area contributed by atoms with Crippen LogP contribution in [0.15, 0.2) is 498 Å². The predicted octanol–water partition coefficient (Wildman–Crippen LogP) is 29.6. The third-order valence-corrected chi connectivity index (χ3v) is 25.4. The molecule has 0 saturated heterocycles. The lowest BCUT2D eigenvalue weighted by Crippen LogP contribution is -2.01. The highest BCUT2D eigenvalue weighted by Gasteiger charge is 2.24. The average Bonchev–Trinajstić information content (AvgIpc) is 1.60. The summed E-state index contributed by atoms with van der Waals surface area (Å²) in [5.41, 5.74) is 26.5. The van der Waals surface area contributed by atoms with Crippen LogP contribution in [0.3, 0.4) is 0 Å². The first-order valence-corrected chi connectivity index (χ1v) is 45.3. The van der Waals surface area contributed by atoms with E-state index in [0.717, 1.165) is 73.9 Å². The molecular weight excluding hydrogens is 1650 g/mol. The van der Waals surface area contributed by atoms with Crippen LogP contribution in [0, 0.1) is 0 Å². The molecule has 0 fully saturated rings. The van der Waals surface area contributed by atoms with Gasteiger partial charge in [-0.25, -0.2) is 9.67 Å². The summed E-state index contributed by atoms with van der Waals surface area (Å²) in [5.74, 6) is 2.86. The topological polar surface area (TPSA) is 125 Å². The van der Waals surface area contributed by atoms with Gasteiger partial charge in [-0.3, -0.25) is 19.5 Å². The highest BCUT2D eigenvalue weighted by atomic mass is 15.4. The van der Waals surface area contributed by atoms with Crippen LogP contribution < -0.4 is 0 Å². The lowest BCUT2D eigenvalue weighted by atomic mass is 10.0. The molecule has 0 N–H and O–H groups in total. The Morgan fingerprint density at radius 3 is 0.948 bits per heavy atom. The molecule has 0 radical (unpaired) electrons. The number of aromatic nitrogens is 14. The van der Waals surface area contributed by atoms with Gasteiger partial charge in [0.05, 0.1) is 66.7 Å². The van der Waals surface area contributed by atoms with E-state index in [1.165, 1.54) is 132 Å². The van der Waals surface area contributed by atoms with E-state index in [9.17, 15) is 0 Å². The second-order valence-corrected chi connectivity index (χ2v) is 33.3. The highest BCUT2D eigenvalue weighted by Crippen LogP contribution is 2.41. The first-order valence-electron chi connectivity index (χ1n) is 45.3. The number of pyridine rings is 3. The van der Waals surface area contributed by atoms with Crippen LogP contribution in [-0.2, 0) is 0 Å². The molecule has 27 rings (SSSR count). The summed E-state index contributed by atoms with van der Waals surface area (Å²) in [6.45, 7) is 0. The fourth-order valence-corrected chi connectivity index (χ4v) is 19.3. The molecule has 0 aliphatic rings. The number of nitrogens with zero attached hydrogens (tertiary/aromatic N) is 14. The van der Waals surface area contributed by atoms with E-state index >= 15 is 0 Å². The maximum Gasteiger partial charge on any atom is 0.200 e. The second kappa shape index (κ2) is 34.8. The Bertz CT molecular complexity index is 8700. The normalized spacial score (nSPS) is 11.4. The maximum atomic E-state index is 4.82. The molecule has 0 aliphatic carbocycles. The van der Waals surface area contributed by atoms with Gasteiger partial charge in [-0.1, -0.05) is 303 Å². The van der Waals surface area contributed by atoms with Gasteiger partial charge < -0.3 is 22.8 Å². The smallest absolute Gasteiger partial charge is 0.200 e. The molecule has 14 nitrogen and oxygen atoms in total. The van der Waals surface area contributed by atoms with Crippen LogP contribution in [0.2, 0.25) is 0 Å². The fourth-order valence-electron chi connectivity index (χ4n) is 19.3. The van der Waals surface area contributed by atoms with Crippen molar-refractivity contribution in [2.24, 2.45) is 0 Å². The summed E-state index contributed by atoms with van der Waals surface area (Å²) >= 11 is 0. The molecule has 17 aromatic carbocycles. The molecule has 0 unspecified atom stereocenters. The first kappa shape index (κ1) is 79.8. The molecule has 0 atom stereocenters. The number of benzene rings is 17. The van der Waals surface area contributed by atoms with E-state index in [0.29, 0.717) is 11.6 Å². The predicted molar refractivity (Wildman–Crippen MR) is 553 cm³/mol. The molecule has 10 heterocycles. The van der Waals surface area contributed by atoms with Crippen molar-refractivity contribution in [2.45, 2.75) is 0 Å². The van der Waals surface area contributed by atoms with Crippen molar-refractivity contribution < 1.29 is 0 Å². The number of para-hydroxylation sites is 10. The van der Waals surface area contributed by atoms with E-state index in [1.54, 1.807) is 12.4 Å². The lowest BCUT2D eigenvalue weighted by Gasteiger charge is -2.13. The summed E-state index contributed by atoms with van der Waals surface area (Å²) in [6.07, 6.45) is 5.40. The summed E-state index contributed by atoms with van der Waals surface area (Å²) in [4.78, 5) is 18.4. The van der Waals surface area contributed by atoms with Gasteiger partial charge in [-0.15, -0.1) is 15.3 Å². The van der Waals surface area contributed by atoms with Crippen LogP contribution in [0.1, 0.15) is 0 Å². The minimum Gasteiger partial charge on any atom is -0.309 e. The minimum atomic E-state index is 0.558. The first-order chi connectivity index (χ1) is 67.0. The molecule has 0 saturated carbocycles. The molecule has 10 aromatic heterocycles. The Morgan fingerprint density at radius 1 is 0.178 bits per heavy atom. The molecular formula is C121H82N14. The van der Waals surface area contributed by atoms with Crippen molar-refractivity contribution in [3.63, 3.8) is 0 Å². The summed E-state index contributed by atoms with van der Waals surface area (Å²) < 4.78 is 15.7. The Labute approximate surface area is 777 Å². The van der Waals surface area contributed by atoms with Crippen molar-refractivity contribution in [3.8, 4) is 108 Å². The number of hydrogen-bond acceptors (Lipinski definition) is 7. The molecule has 14 heteroatoms. The Balaban J connectivity index is 0.0000000989. The fraction of sp³-hybridized carbons (Fsp3) is 0. The Kier molecular flexibility index (Phi) is 20.6. The lowest BCUT2D eigenvalue weighted by molar-refractivity contribution is 0.883. The van der Waals surface area contributed by atoms with Gasteiger partial charge in [0.2, 0.25) is 5.82 Å². The highest BCUT2D eigenvalue weighted by molar-refractivity contribution is 6.13. The standard InChI is InChI=1S/C32H22N4.C32H22N2.C30H20N6.C27H18N2/c1-3-11-23(12-4-1)31-33-34-32(24-13-5-2-6-14-24)36(31)26-21-19-25(20-22-26)35-29-17-9-7-15-27(29)28-16-8-10-18-30(28)35;1-2-13-25(14-3-1)33-29-18-7-4-11-24(29)22-32(33)23-12-10-15-26(21-23)34-30-19-8-5-16-27(30)28-17-6-9-20-31(28)34;1-3-13-27-23(9-1)24-10-2-4-14-28(24)35(27)21-15-17-22(18-16-21)36-30(26-12-6-8-20-32-26)33-29(34-36)25-11-5-7-19-31-25;1-2-8-22-19(7-1)17-18-28-27(22)20-13-15-21(16-14-20)29-25-11-5-3-9-23(25)24-10-4-6-12-26(24)29/h1-22H;1-22H;1-20H;1-18H. The van der Waals surface area contributed by atoms with Gasteiger partial charge in [-0.05, 0) is 181 Å². The van der Waals surface area contributed by atoms with Crippen LogP contribution in [0.5, 0.6) is 0 Å². The molecule has 27 aromatic rings. The summed E-state index contributed by atoms with van der Waals surface area (Å²) in [7, 11) is 0.